The van der Waals surface area contributed by atoms with E-state index in [4.69, 9.17) is 4.42 Å². The monoisotopic (exact) mass is 362 g/mol. The molecule has 2 aromatic carbocycles. The SMILES string of the molecule is O=c1[nH]c2ccc(S(=O)(=O)N/N=C/c3ccc([N+](=O)[O-])cc3)cc2o1. The van der Waals surface area contributed by atoms with Crippen molar-refractivity contribution in [1.82, 2.24) is 9.82 Å². The van der Waals surface area contributed by atoms with Gasteiger partial charge >= 0.3 is 5.76 Å². The van der Waals surface area contributed by atoms with Crippen LogP contribution in [0.3, 0.4) is 0 Å². The third kappa shape index (κ3) is 3.55. The van der Waals surface area contributed by atoms with E-state index in [1.807, 2.05) is 4.83 Å². The Morgan fingerprint density at radius 3 is 2.60 bits per heavy atom. The summed E-state index contributed by atoms with van der Waals surface area (Å²) < 4.78 is 29.2. The quantitative estimate of drug-likeness (QED) is 0.397. The summed E-state index contributed by atoms with van der Waals surface area (Å²) in [6.45, 7) is 0. The molecule has 0 spiro atoms. The Labute approximate surface area is 140 Å². The standard InChI is InChI=1S/C14H10N4O6S/c19-14-16-12-6-5-11(7-13(12)24-14)25(22,23)17-15-8-9-1-3-10(4-2-9)18(20)21/h1-8,17H,(H,16,19)/b15-8+. The largest absolute Gasteiger partial charge is 0.417 e. The van der Waals surface area contributed by atoms with E-state index in [0.717, 1.165) is 0 Å². The van der Waals surface area contributed by atoms with Crippen LogP contribution in [-0.2, 0) is 10.0 Å². The van der Waals surface area contributed by atoms with Crippen molar-refractivity contribution in [2.45, 2.75) is 4.90 Å². The summed E-state index contributed by atoms with van der Waals surface area (Å²) in [5, 5.41) is 14.2. The van der Waals surface area contributed by atoms with E-state index in [0.29, 0.717) is 11.1 Å². The van der Waals surface area contributed by atoms with E-state index >= 15 is 0 Å². The molecule has 2 N–H and O–H groups in total. The molecule has 0 unspecified atom stereocenters. The molecule has 0 aliphatic rings. The molecule has 0 amide bonds. The molecule has 0 saturated heterocycles. The van der Waals surface area contributed by atoms with Crippen molar-refractivity contribution in [1.29, 1.82) is 0 Å². The van der Waals surface area contributed by atoms with Gasteiger partial charge in [-0.3, -0.25) is 15.1 Å². The molecule has 0 fully saturated rings. The average Bonchev–Trinajstić information content (AvgIpc) is 2.94. The molecule has 0 bridgehead atoms. The zero-order valence-electron chi connectivity index (χ0n) is 12.4. The molecule has 128 valence electrons. The van der Waals surface area contributed by atoms with E-state index < -0.39 is 20.7 Å². The van der Waals surface area contributed by atoms with Crippen LogP contribution in [0.2, 0.25) is 0 Å². The van der Waals surface area contributed by atoms with Crippen molar-refractivity contribution in [2.75, 3.05) is 0 Å². The molecule has 10 nitrogen and oxygen atoms in total. The number of nitrogens with zero attached hydrogens (tertiary/aromatic N) is 2. The number of aromatic amines is 1. The van der Waals surface area contributed by atoms with Gasteiger partial charge in [0.15, 0.2) is 5.58 Å². The topological polar surface area (TPSA) is 148 Å². The Hall–Kier alpha value is -3.47. The second kappa shape index (κ2) is 6.20. The summed E-state index contributed by atoms with van der Waals surface area (Å²) in [7, 11) is -3.97. The van der Waals surface area contributed by atoms with Gasteiger partial charge < -0.3 is 4.42 Å². The van der Waals surface area contributed by atoms with Crippen LogP contribution in [0.5, 0.6) is 0 Å². The fourth-order valence-electron chi connectivity index (χ4n) is 2.00. The van der Waals surface area contributed by atoms with Gasteiger partial charge in [-0.2, -0.15) is 13.5 Å². The highest BCUT2D eigenvalue weighted by Gasteiger charge is 2.15. The Balaban J connectivity index is 1.78. The first-order valence-corrected chi connectivity index (χ1v) is 8.26. The number of nitro benzene ring substituents is 1. The molecule has 0 aliphatic heterocycles. The lowest BCUT2D eigenvalue weighted by molar-refractivity contribution is -0.384. The van der Waals surface area contributed by atoms with Gasteiger partial charge in [-0.1, -0.05) is 0 Å². The van der Waals surface area contributed by atoms with Crippen molar-refractivity contribution >= 4 is 33.0 Å². The number of nitro groups is 1. The van der Waals surface area contributed by atoms with Gasteiger partial charge in [-0.25, -0.2) is 9.63 Å². The molecule has 0 atom stereocenters. The summed E-state index contributed by atoms with van der Waals surface area (Å²) in [5.41, 5.74) is 0.866. The maximum Gasteiger partial charge on any atom is 0.417 e. The molecule has 1 heterocycles. The smallest absolute Gasteiger partial charge is 0.408 e. The lowest BCUT2D eigenvalue weighted by Crippen LogP contribution is -2.18. The molecular formula is C14H10N4O6S. The van der Waals surface area contributed by atoms with Crippen LogP contribution in [0, 0.1) is 10.1 Å². The van der Waals surface area contributed by atoms with Crippen LogP contribution < -0.4 is 10.6 Å². The third-order valence-electron chi connectivity index (χ3n) is 3.19. The van der Waals surface area contributed by atoms with Gasteiger partial charge in [0.2, 0.25) is 0 Å². The van der Waals surface area contributed by atoms with Crippen LogP contribution in [0.4, 0.5) is 5.69 Å². The molecule has 0 saturated carbocycles. The number of hydrazone groups is 1. The molecule has 1 aromatic heterocycles. The number of oxazole rings is 1. The summed E-state index contributed by atoms with van der Waals surface area (Å²) in [4.78, 5) is 25.4. The van der Waals surface area contributed by atoms with E-state index in [2.05, 4.69) is 10.1 Å². The summed E-state index contributed by atoms with van der Waals surface area (Å²) in [6, 6.07) is 9.28. The lowest BCUT2D eigenvalue weighted by atomic mass is 10.2. The molecule has 3 rings (SSSR count). The van der Waals surface area contributed by atoms with Crippen molar-refractivity contribution in [3.8, 4) is 0 Å². The van der Waals surface area contributed by atoms with Gasteiger partial charge in [-0.05, 0) is 29.8 Å². The summed E-state index contributed by atoms with van der Waals surface area (Å²) >= 11 is 0. The number of hydrogen-bond donors (Lipinski definition) is 2. The molecule has 25 heavy (non-hydrogen) atoms. The van der Waals surface area contributed by atoms with Gasteiger partial charge in [0.1, 0.15) is 0 Å². The number of non-ortho nitro benzene ring substituents is 1. The van der Waals surface area contributed by atoms with Gasteiger partial charge in [-0.15, -0.1) is 0 Å². The Morgan fingerprint density at radius 2 is 1.92 bits per heavy atom. The molecule has 0 aliphatic carbocycles. The number of aromatic nitrogens is 1. The zero-order chi connectivity index (χ0) is 18.0. The predicted octanol–water partition coefficient (Wildman–Crippen LogP) is 1.34. The van der Waals surface area contributed by atoms with Crippen LogP contribution in [0.1, 0.15) is 5.56 Å². The summed E-state index contributed by atoms with van der Waals surface area (Å²) in [5.74, 6) is -0.686. The number of rotatable bonds is 5. The highest BCUT2D eigenvalue weighted by molar-refractivity contribution is 7.89. The molecular weight excluding hydrogens is 352 g/mol. The fourth-order valence-corrected chi connectivity index (χ4v) is 2.80. The number of hydrogen-bond acceptors (Lipinski definition) is 7. The minimum atomic E-state index is -3.97. The van der Waals surface area contributed by atoms with Crippen LogP contribution in [0.25, 0.3) is 11.1 Å². The average molecular weight is 362 g/mol. The van der Waals surface area contributed by atoms with Gasteiger partial charge in [0.25, 0.3) is 15.7 Å². The predicted molar refractivity (Wildman–Crippen MR) is 87.8 cm³/mol. The Kier molecular flexibility index (Phi) is 4.07. The first-order chi connectivity index (χ1) is 11.8. The fraction of sp³-hybridized carbons (Fsp3) is 0. The first kappa shape index (κ1) is 16.4. The van der Waals surface area contributed by atoms with E-state index in [1.165, 1.54) is 48.7 Å². The number of fused-ring (bicyclic) bond motifs is 1. The minimum Gasteiger partial charge on any atom is -0.408 e. The molecule has 0 radical (unpaired) electrons. The zero-order valence-corrected chi connectivity index (χ0v) is 13.2. The second-order valence-electron chi connectivity index (χ2n) is 4.87. The normalized spacial score (nSPS) is 11.8. The van der Waals surface area contributed by atoms with E-state index in [1.54, 1.807) is 0 Å². The van der Waals surface area contributed by atoms with Gasteiger partial charge in [0.05, 0.1) is 21.6 Å². The van der Waals surface area contributed by atoms with Crippen molar-refractivity contribution < 1.29 is 17.8 Å². The number of nitrogens with one attached hydrogen (secondary N) is 2. The maximum atomic E-state index is 12.2. The number of H-pyrrole nitrogens is 1. The van der Waals surface area contributed by atoms with E-state index in [-0.39, 0.29) is 16.2 Å². The Morgan fingerprint density at radius 1 is 1.20 bits per heavy atom. The maximum absolute atomic E-state index is 12.2. The van der Waals surface area contributed by atoms with Crippen LogP contribution in [-0.4, -0.2) is 24.5 Å². The Bertz CT molecular complexity index is 1130. The van der Waals surface area contributed by atoms with Crippen LogP contribution >= 0.6 is 0 Å². The van der Waals surface area contributed by atoms with Crippen molar-refractivity contribution in [3.63, 3.8) is 0 Å². The summed E-state index contributed by atoms with van der Waals surface area (Å²) in [6.07, 6.45) is 1.20. The highest BCUT2D eigenvalue weighted by atomic mass is 32.2. The minimum absolute atomic E-state index is 0.0842. The number of benzene rings is 2. The number of sulfonamides is 1. The van der Waals surface area contributed by atoms with E-state index in [9.17, 15) is 23.3 Å². The van der Waals surface area contributed by atoms with Crippen molar-refractivity contribution in [2.24, 2.45) is 5.10 Å². The lowest BCUT2D eigenvalue weighted by Gasteiger charge is -2.02. The first-order valence-electron chi connectivity index (χ1n) is 6.77. The molecule has 11 heteroatoms. The van der Waals surface area contributed by atoms with Crippen LogP contribution in [0.15, 0.2) is 61.7 Å². The third-order valence-corrected chi connectivity index (χ3v) is 4.41. The second-order valence-corrected chi connectivity index (χ2v) is 6.53. The molecule has 3 aromatic rings. The highest BCUT2D eigenvalue weighted by Crippen LogP contribution is 2.16. The van der Waals surface area contributed by atoms with Crippen molar-refractivity contribution in [3.05, 3.63) is 68.7 Å². The van der Waals surface area contributed by atoms with Gasteiger partial charge in [0, 0.05) is 18.2 Å².